The quantitative estimate of drug-likeness (QED) is 0.806. The van der Waals surface area contributed by atoms with Crippen molar-refractivity contribution in [2.45, 2.75) is 64.5 Å². The largest absolute Gasteiger partial charge is 0.379 e. The van der Waals surface area contributed by atoms with Crippen molar-refractivity contribution in [1.82, 2.24) is 9.97 Å². The molecule has 5 heteroatoms. The lowest BCUT2D eigenvalue weighted by molar-refractivity contribution is 0.101. The van der Waals surface area contributed by atoms with Crippen LogP contribution in [0.5, 0.6) is 0 Å². The van der Waals surface area contributed by atoms with Crippen LogP contribution in [0.3, 0.4) is 0 Å². The molecule has 0 bridgehead atoms. The molecule has 1 aliphatic rings. The number of methoxy groups -OCH3 is 1. The average Bonchev–Trinajstić information content (AvgIpc) is 2.92. The van der Waals surface area contributed by atoms with Crippen LogP contribution in [-0.4, -0.2) is 35.8 Å². The monoisotopic (exact) mass is 292 g/mol. The summed E-state index contributed by atoms with van der Waals surface area (Å²) in [4.78, 5) is 9.25. The Balaban J connectivity index is 2.15. The standard InChI is InChI=1S/C16H28N4O/c1-5-9-17-14-10-15(20-16(19-14)11(2)3)18-12-7-6-8-13(12)21-4/h10-13H,5-9H2,1-4H3,(H2,17,18,19,20). The first-order chi connectivity index (χ1) is 10.1. The lowest BCUT2D eigenvalue weighted by atomic mass is 10.2. The third-order valence-corrected chi connectivity index (χ3v) is 3.90. The van der Waals surface area contributed by atoms with Gasteiger partial charge in [0.2, 0.25) is 0 Å². The Morgan fingerprint density at radius 3 is 2.71 bits per heavy atom. The van der Waals surface area contributed by atoms with Crippen molar-refractivity contribution < 1.29 is 4.74 Å². The second-order valence-electron chi connectivity index (χ2n) is 6.03. The molecular weight excluding hydrogens is 264 g/mol. The minimum Gasteiger partial charge on any atom is -0.379 e. The van der Waals surface area contributed by atoms with Crippen LogP contribution in [0.2, 0.25) is 0 Å². The number of nitrogens with one attached hydrogen (secondary N) is 2. The van der Waals surface area contributed by atoms with Gasteiger partial charge in [-0.1, -0.05) is 20.8 Å². The number of nitrogens with zero attached hydrogens (tertiary/aromatic N) is 2. The van der Waals surface area contributed by atoms with Crippen LogP contribution < -0.4 is 10.6 Å². The molecule has 1 aromatic heterocycles. The summed E-state index contributed by atoms with van der Waals surface area (Å²) >= 11 is 0. The minimum atomic E-state index is 0.287. The molecule has 2 unspecified atom stereocenters. The lowest BCUT2D eigenvalue weighted by Crippen LogP contribution is -2.30. The van der Waals surface area contributed by atoms with E-state index < -0.39 is 0 Å². The van der Waals surface area contributed by atoms with Crippen molar-refractivity contribution in [2.24, 2.45) is 0 Å². The van der Waals surface area contributed by atoms with Crippen molar-refractivity contribution in [1.29, 1.82) is 0 Å². The maximum Gasteiger partial charge on any atom is 0.135 e. The molecule has 1 fully saturated rings. The fourth-order valence-corrected chi connectivity index (χ4v) is 2.70. The zero-order chi connectivity index (χ0) is 15.2. The van der Waals surface area contributed by atoms with Gasteiger partial charge in [-0.05, 0) is 25.7 Å². The zero-order valence-electron chi connectivity index (χ0n) is 13.6. The number of hydrogen-bond donors (Lipinski definition) is 2. The summed E-state index contributed by atoms with van der Waals surface area (Å²) in [5, 5.41) is 6.90. The van der Waals surface area contributed by atoms with E-state index in [0.29, 0.717) is 12.0 Å². The molecular formula is C16H28N4O. The first-order valence-corrected chi connectivity index (χ1v) is 8.06. The van der Waals surface area contributed by atoms with Crippen LogP contribution in [0.25, 0.3) is 0 Å². The van der Waals surface area contributed by atoms with E-state index in [-0.39, 0.29) is 6.10 Å². The van der Waals surface area contributed by atoms with E-state index in [9.17, 15) is 0 Å². The highest BCUT2D eigenvalue weighted by molar-refractivity contribution is 5.48. The molecule has 1 heterocycles. The van der Waals surface area contributed by atoms with E-state index in [0.717, 1.165) is 43.3 Å². The summed E-state index contributed by atoms with van der Waals surface area (Å²) in [5.74, 6) is 3.01. The van der Waals surface area contributed by atoms with E-state index in [1.165, 1.54) is 6.42 Å². The topological polar surface area (TPSA) is 59.1 Å². The maximum atomic E-state index is 5.55. The van der Waals surface area contributed by atoms with Gasteiger partial charge in [0.1, 0.15) is 17.5 Å². The second kappa shape index (κ2) is 7.59. The Hall–Kier alpha value is -1.36. The predicted octanol–water partition coefficient (Wildman–Crippen LogP) is 3.40. The van der Waals surface area contributed by atoms with Gasteiger partial charge in [0.15, 0.2) is 0 Å². The Bertz CT molecular complexity index is 450. The van der Waals surface area contributed by atoms with Crippen molar-refractivity contribution in [2.75, 3.05) is 24.3 Å². The molecule has 2 rings (SSSR count). The summed E-state index contributed by atoms with van der Waals surface area (Å²) in [6, 6.07) is 2.36. The maximum absolute atomic E-state index is 5.55. The molecule has 1 saturated carbocycles. The van der Waals surface area contributed by atoms with Gasteiger partial charge in [-0.2, -0.15) is 0 Å². The number of ether oxygens (including phenoxy) is 1. The fourth-order valence-electron chi connectivity index (χ4n) is 2.70. The van der Waals surface area contributed by atoms with Gasteiger partial charge in [0.05, 0.1) is 12.1 Å². The van der Waals surface area contributed by atoms with E-state index in [1.54, 1.807) is 7.11 Å². The highest BCUT2D eigenvalue weighted by Crippen LogP contribution is 2.26. The molecule has 0 aromatic carbocycles. The first kappa shape index (κ1) is 16.0. The summed E-state index contributed by atoms with van der Waals surface area (Å²) in [6.45, 7) is 7.32. The third-order valence-electron chi connectivity index (χ3n) is 3.90. The Morgan fingerprint density at radius 1 is 1.29 bits per heavy atom. The van der Waals surface area contributed by atoms with E-state index in [2.05, 4.69) is 41.4 Å². The van der Waals surface area contributed by atoms with Gasteiger partial charge < -0.3 is 15.4 Å². The Labute approximate surface area is 127 Å². The molecule has 0 radical (unpaired) electrons. The van der Waals surface area contributed by atoms with Gasteiger partial charge in [0.25, 0.3) is 0 Å². The smallest absolute Gasteiger partial charge is 0.135 e. The molecule has 21 heavy (non-hydrogen) atoms. The van der Waals surface area contributed by atoms with Gasteiger partial charge in [0, 0.05) is 25.6 Å². The van der Waals surface area contributed by atoms with Crippen LogP contribution in [0, 0.1) is 0 Å². The molecule has 2 atom stereocenters. The van der Waals surface area contributed by atoms with E-state index in [4.69, 9.17) is 4.74 Å². The second-order valence-corrected chi connectivity index (χ2v) is 6.03. The Kier molecular flexibility index (Phi) is 5.79. The molecule has 0 saturated heterocycles. The first-order valence-electron chi connectivity index (χ1n) is 8.06. The number of hydrogen-bond acceptors (Lipinski definition) is 5. The SMILES string of the molecule is CCCNc1cc(NC2CCCC2OC)nc(C(C)C)n1. The third kappa shape index (κ3) is 4.30. The lowest BCUT2D eigenvalue weighted by Gasteiger charge is -2.21. The van der Waals surface area contributed by atoms with Crippen molar-refractivity contribution in [3.05, 3.63) is 11.9 Å². The van der Waals surface area contributed by atoms with Gasteiger partial charge in [-0.25, -0.2) is 9.97 Å². The highest BCUT2D eigenvalue weighted by Gasteiger charge is 2.27. The number of anilines is 2. The van der Waals surface area contributed by atoms with Gasteiger partial charge in [-0.15, -0.1) is 0 Å². The summed E-state index contributed by atoms with van der Waals surface area (Å²) in [7, 11) is 1.79. The summed E-state index contributed by atoms with van der Waals surface area (Å²) < 4.78 is 5.55. The van der Waals surface area contributed by atoms with Crippen molar-refractivity contribution in [3.8, 4) is 0 Å². The zero-order valence-corrected chi connectivity index (χ0v) is 13.6. The normalized spacial score (nSPS) is 21.8. The van der Waals surface area contributed by atoms with Crippen LogP contribution in [0.1, 0.15) is 58.2 Å². The van der Waals surface area contributed by atoms with Crippen LogP contribution in [0.15, 0.2) is 6.07 Å². The van der Waals surface area contributed by atoms with Crippen molar-refractivity contribution in [3.63, 3.8) is 0 Å². The highest BCUT2D eigenvalue weighted by atomic mass is 16.5. The summed E-state index contributed by atoms with van der Waals surface area (Å²) in [6.07, 6.45) is 4.83. The molecule has 1 aliphatic carbocycles. The molecule has 0 aliphatic heterocycles. The molecule has 0 spiro atoms. The molecule has 0 amide bonds. The molecule has 5 nitrogen and oxygen atoms in total. The van der Waals surface area contributed by atoms with Gasteiger partial charge in [-0.3, -0.25) is 0 Å². The van der Waals surface area contributed by atoms with Crippen molar-refractivity contribution >= 4 is 11.6 Å². The number of aromatic nitrogens is 2. The van der Waals surface area contributed by atoms with Crippen LogP contribution in [0.4, 0.5) is 11.6 Å². The Morgan fingerprint density at radius 2 is 2.05 bits per heavy atom. The predicted molar refractivity (Wildman–Crippen MR) is 87.0 cm³/mol. The fraction of sp³-hybridized carbons (Fsp3) is 0.750. The summed E-state index contributed by atoms with van der Waals surface area (Å²) in [5.41, 5.74) is 0. The number of rotatable bonds is 7. The van der Waals surface area contributed by atoms with E-state index >= 15 is 0 Å². The molecule has 118 valence electrons. The van der Waals surface area contributed by atoms with E-state index in [1.807, 2.05) is 6.07 Å². The van der Waals surface area contributed by atoms with Crippen LogP contribution in [-0.2, 0) is 4.74 Å². The minimum absolute atomic E-state index is 0.287. The average molecular weight is 292 g/mol. The molecule has 1 aromatic rings. The molecule has 2 N–H and O–H groups in total. The van der Waals surface area contributed by atoms with Gasteiger partial charge >= 0.3 is 0 Å². The van der Waals surface area contributed by atoms with Crippen LogP contribution >= 0.6 is 0 Å².